The largest absolute Gasteiger partial charge is 0.497 e. The molecule has 94 valence electrons. The molecule has 1 aromatic carbocycles. The number of carboxylic acid groups (broad SMARTS) is 1. The van der Waals surface area contributed by atoms with Crippen molar-refractivity contribution < 1.29 is 14.6 Å². The van der Waals surface area contributed by atoms with E-state index in [1.54, 1.807) is 38.3 Å². The lowest BCUT2D eigenvalue weighted by atomic mass is 10.2. The van der Waals surface area contributed by atoms with Gasteiger partial charge >= 0.3 is 5.97 Å². The average Bonchev–Trinajstić information content (AvgIpc) is 2.36. The second-order valence-electron chi connectivity index (χ2n) is 3.44. The zero-order valence-corrected chi connectivity index (χ0v) is 10.4. The van der Waals surface area contributed by atoms with E-state index in [-0.39, 0.29) is 6.42 Å². The van der Waals surface area contributed by atoms with E-state index >= 15 is 0 Å². The van der Waals surface area contributed by atoms with Crippen molar-refractivity contribution in [1.29, 1.82) is 0 Å². The minimum atomic E-state index is -1.51. The second-order valence-corrected chi connectivity index (χ2v) is 4.08. The Kier molecular flexibility index (Phi) is 4.60. The number of aliphatic carboxylic acids is 1. The molecule has 1 rings (SSSR count). The highest BCUT2D eigenvalue weighted by molar-refractivity contribution is 6.33. The Morgan fingerprint density at radius 2 is 2.06 bits per heavy atom. The van der Waals surface area contributed by atoms with Gasteiger partial charge in [-0.25, -0.2) is 10.2 Å². The molecule has 1 unspecified atom stereocenters. The lowest BCUT2D eigenvalue weighted by Gasteiger charge is -2.23. The molecule has 0 radical (unpaired) electrons. The van der Waals surface area contributed by atoms with Gasteiger partial charge in [0.05, 0.1) is 7.11 Å². The number of carboxylic acids is 1. The number of halogens is 1. The number of hydrazine groups is 1. The number of hydrogen-bond donors (Lipinski definition) is 3. The summed E-state index contributed by atoms with van der Waals surface area (Å²) < 4.78 is 5.01. The molecule has 0 spiro atoms. The third-order valence-corrected chi connectivity index (χ3v) is 2.84. The van der Waals surface area contributed by atoms with Gasteiger partial charge in [0.1, 0.15) is 5.75 Å². The standard InChI is InChI=1S/C11H15ClN2O3/c1-3-11(12,10(15)16)14-13-8-4-6-9(17-2)7-5-8/h4-7,13-14H,3H2,1-2H3,(H,15,16). The minimum Gasteiger partial charge on any atom is -0.497 e. The van der Waals surface area contributed by atoms with E-state index in [2.05, 4.69) is 10.9 Å². The molecule has 0 amide bonds. The maximum Gasteiger partial charge on any atom is 0.341 e. The van der Waals surface area contributed by atoms with Crippen LogP contribution >= 0.6 is 11.6 Å². The van der Waals surface area contributed by atoms with Gasteiger partial charge < -0.3 is 15.3 Å². The predicted molar refractivity (Wildman–Crippen MR) is 66.3 cm³/mol. The fourth-order valence-electron chi connectivity index (χ4n) is 1.14. The van der Waals surface area contributed by atoms with E-state index in [1.807, 2.05) is 0 Å². The van der Waals surface area contributed by atoms with Crippen LogP contribution in [0.1, 0.15) is 13.3 Å². The maximum atomic E-state index is 10.9. The number of hydrogen-bond acceptors (Lipinski definition) is 4. The van der Waals surface area contributed by atoms with Gasteiger partial charge in [-0.3, -0.25) is 0 Å². The van der Waals surface area contributed by atoms with E-state index in [1.165, 1.54) is 0 Å². The quantitative estimate of drug-likeness (QED) is 0.414. The number of alkyl halides is 1. The van der Waals surface area contributed by atoms with Crippen molar-refractivity contribution in [2.24, 2.45) is 0 Å². The molecule has 17 heavy (non-hydrogen) atoms. The predicted octanol–water partition coefficient (Wildman–Crippen LogP) is 2.04. The monoisotopic (exact) mass is 258 g/mol. The molecule has 0 aliphatic carbocycles. The zero-order chi connectivity index (χ0) is 12.9. The third-order valence-electron chi connectivity index (χ3n) is 2.32. The number of nitrogens with one attached hydrogen (secondary N) is 2. The number of rotatable bonds is 6. The van der Waals surface area contributed by atoms with Gasteiger partial charge in [-0.1, -0.05) is 18.5 Å². The van der Waals surface area contributed by atoms with E-state index in [4.69, 9.17) is 21.4 Å². The van der Waals surface area contributed by atoms with Gasteiger partial charge in [-0.05, 0) is 30.7 Å². The zero-order valence-electron chi connectivity index (χ0n) is 9.66. The number of benzene rings is 1. The number of methoxy groups -OCH3 is 1. The van der Waals surface area contributed by atoms with Crippen molar-refractivity contribution in [3.8, 4) is 5.75 Å². The highest BCUT2D eigenvalue weighted by Crippen LogP contribution is 2.18. The molecule has 0 aromatic heterocycles. The number of ether oxygens (including phenoxy) is 1. The third kappa shape index (κ3) is 3.51. The van der Waals surface area contributed by atoms with Gasteiger partial charge in [-0.2, -0.15) is 0 Å². The van der Waals surface area contributed by atoms with Gasteiger partial charge in [0.25, 0.3) is 0 Å². The minimum absolute atomic E-state index is 0.243. The highest BCUT2D eigenvalue weighted by Gasteiger charge is 2.33. The van der Waals surface area contributed by atoms with Crippen LogP contribution in [0.4, 0.5) is 5.69 Å². The number of carbonyl (C=O) groups is 1. The fraction of sp³-hybridized carbons (Fsp3) is 0.364. The Hall–Kier alpha value is -1.46. The molecule has 6 heteroatoms. The lowest BCUT2D eigenvalue weighted by Crippen LogP contribution is -2.49. The Morgan fingerprint density at radius 1 is 1.47 bits per heavy atom. The summed E-state index contributed by atoms with van der Waals surface area (Å²) in [6.45, 7) is 1.68. The van der Waals surface area contributed by atoms with Crippen molar-refractivity contribution in [2.45, 2.75) is 18.3 Å². The summed E-state index contributed by atoms with van der Waals surface area (Å²) in [7, 11) is 1.58. The van der Waals surface area contributed by atoms with Crippen molar-refractivity contribution in [3.05, 3.63) is 24.3 Å². The van der Waals surface area contributed by atoms with Crippen LogP contribution in [0.5, 0.6) is 5.75 Å². The van der Waals surface area contributed by atoms with Crippen molar-refractivity contribution in [1.82, 2.24) is 5.43 Å². The first-order valence-electron chi connectivity index (χ1n) is 5.11. The lowest BCUT2D eigenvalue weighted by molar-refractivity contribution is -0.141. The maximum absolute atomic E-state index is 10.9. The summed E-state index contributed by atoms with van der Waals surface area (Å²) in [4.78, 5) is 9.41. The first kappa shape index (κ1) is 13.6. The normalized spacial score (nSPS) is 13.8. The Labute approximate surface area is 105 Å². The summed E-state index contributed by atoms with van der Waals surface area (Å²) in [5, 5.41) is 8.94. The molecule has 0 aliphatic heterocycles. The summed E-state index contributed by atoms with van der Waals surface area (Å²) in [6.07, 6.45) is 0.243. The topological polar surface area (TPSA) is 70.6 Å². The fourth-order valence-corrected chi connectivity index (χ4v) is 1.19. The molecular formula is C11H15ClN2O3. The highest BCUT2D eigenvalue weighted by atomic mass is 35.5. The Balaban J connectivity index is 2.63. The number of anilines is 1. The SMILES string of the molecule is CCC(Cl)(NNc1ccc(OC)cc1)C(=O)O. The van der Waals surface area contributed by atoms with E-state index in [0.29, 0.717) is 5.69 Å². The molecule has 1 aromatic rings. The average molecular weight is 259 g/mol. The molecule has 0 saturated heterocycles. The van der Waals surface area contributed by atoms with Crippen molar-refractivity contribution >= 4 is 23.3 Å². The summed E-state index contributed by atoms with van der Waals surface area (Å²) >= 11 is 5.87. The molecule has 0 bridgehead atoms. The van der Waals surface area contributed by atoms with Crippen LogP contribution in [-0.4, -0.2) is 23.2 Å². The van der Waals surface area contributed by atoms with E-state index < -0.39 is 11.0 Å². The van der Waals surface area contributed by atoms with E-state index in [9.17, 15) is 4.79 Å². The van der Waals surface area contributed by atoms with E-state index in [0.717, 1.165) is 5.75 Å². The molecule has 0 saturated carbocycles. The molecule has 1 atom stereocenters. The van der Waals surface area contributed by atoms with Crippen LogP contribution in [0.2, 0.25) is 0 Å². The second kappa shape index (κ2) is 5.75. The molecule has 3 N–H and O–H groups in total. The Morgan fingerprint density at radius 3 is 2.47 bits per heavy atom. The van der Waals surface area contributed by atoms with Gasteiger partial charge in [0.2, 0.25) is 5.00 Å². The molecule has 0 fully saturated rings. The summed E-state index contributed by atoms with van der Waals surface area (Å²) in [6, 6.07) is 7.01. The summed E-state index contributed by atoms with van der Waals surface area (Å²) in [5.41, 5.74) is 6.02. The van der Waals surface area contributed by atoms with Crippen LogP contribution in [-0.2, 0) is 4.79 Å². The smallest absolute Gasteiger partial charge is 0.341 e. The van der Waals surface area contributed by atoms with Crippen molar-refractivity contribution in [3.63, 3.8) is 0 Å². The Bertz CT molecular complexity index is 383. The van der Waals surface area contributed by atoms with Crippen LogP contribution in [0.3, 0.4) is 0 Å². The van der Waals surface area contributed by atoms with Gasteiger partial charge in [0, 0.05) is 5.69 Å². The van der Waals surface area contributed by atoms with Gasteiger partial charge in [0.15, 0.2) is 0 Å². The van der Waals surface area contributed by atoms with Crippen LogP contribution in [0.25, 0.3) is 0 Å². The van der Waals surface area contributed by atoms with Crippen LogP contribution < -0.4 is 15.6 Å². The van der Waals surface area contributed by atoms with Crippen LogP contribution in [0.15, 0.2) is 24.3 Å². The molecule has 0 aliphatic rings. The molecular weight excluding hydrogens is 244 g/mol. The molecule has 0 heterocycles. The van der Waals surface area contributed by atoms with Gasteiger partial charge in [-0.15, -0.1) is 0 Å². The van der Waals surface area contributed by atoms with Crippen LogP contribution in [0, 0.1) is 0 Å². The van der Waals surface area contributed by atoms with Crippen molar-refractivity contribution in [2.75, 3.05) is 12.5 Å². The summed E-state index contributed by atoms with van der Waals surface area (Å²) in [5.74, 6) is -0.399. The first-order chi connectivity index (χ1) is 8.01. The molecule has 5 nitrogen and oxygen atoms in total. The first-order valence-corrected chi connectivity index (χ1v) is 5.49.